The number of aromatic nitrogens is 2. The third kappa shape index (κ3) is 6.44. The number of rotatable bonds is 7. The number of amides is 3. The topological polar surface area (TPSA) is 114 Å². The lowest BCUT2D eigenvalue weighted by atomic mass is 10.2. The summed E-state index contributed by atoms with van der Waals surface area (Å²) in [6.45, 7) is 1.57. The zero-order valence-corrected chi connectivity index (χ0v) is 19.1. The van der Waals surface area contributed by atoms with Gasteiger partial charge in [0.2, 0.25) is 11.9 Å². The number of benzene rings is 1. The molecule has 10 nitrogen and oxygen atoms in total. The molecule has 1 aliphatic rings. The molecule has 1 aromatic heterocycles. The van der Waals surface area contributed by atoms with Gasteiger partial charge in [-0.3, -0.25) is 19.5 Å². The van der Waals surface area contributed by atoms with Crippen molar-refractivity contribution in [2.45, 2.75) is 19.0 Å². The first-order valence-electron chi connectivity index (χ1n) is 10.3. The molecule has 1 aromatic carbocycles. The summed E-state index contributed by atoms with van der Waals surface area (Å²) in [5.74, 6) is 0.359. The van der Waals surface area contributed by atoms with Gasteiger partial charge in [0.1, 0.15) is 0 Å². The highest BCUT2D eigenvalue weighted by Gasteiger charge is 2.29. The Labute approximate surface area is 191 Å². The fourth-order valence-electron chi connectivity index (χ4n) is 3.51. The molecule has 3 amide bonds. The smallest absolute Gasteiger partial charge is 0.319 e. The lowest BCUT2D eigenvalue weighted by Crippen LogP contribution is -2.42. The van der Waals surface area contributed by atoms with E-state index in [0.717, 1.165) is 6.42 Å². The molecule has 32 heavy (non-hydrogen) atoms. The predicted molar refractivity (Wildman–Crippen MR) is 124 cm³/mol. The van der Waals surface area contributed by atoms with E-state index in [4.69, 9.17) is 11.6 Å². The Hall–Kier alpha value is -3.11. The number of nitrogens with zero attached hydrogens (tertiary/aromatic N) is 4. The van der Waals surface area contributed by atoms with Crippen LogP contribution < -0.4 is 21.1 Å². The molecule has 0 radical (unpaired) electrons. The highest BCUT2D eigenvalue weighted by molar-refractivity contribution is 6.30. The third-order valence-corrected chi connectivity index (χ3v) is 5.47. The van der Waals surface area contributed by atoms with Crippen molar-refractivity contribution in [1.82, 2.24) is 25.1 Å². The molecule has 1 atom stereocenters. The van der Waals surface area contributed by atoms with E-state index in [2.05, 4.69) is 25.5 Å². The maximum absolute atomic E-state index is 12.5. The lowest BCUT2D eigenvalue weighted by Gasteiger charge is -2.24. The fraction of sp³-hybridized carbons (Fsp3) is 0.429. The van der Waals surface area contributed by atoms with Gasteiger partial charge in [0, 0.05) is 56.5 Å². The van der Waals surface area contributed by atoms with Gasteiger partial charge in [-0.15, -0.1) is 0 Å². The van der Waals surface area contributed by atoms with Crippen LogP contribution in [0.3, 0.4) is 0 Å². The monoisotopic (exact) mass is 461 g/mol. The van der Waals surface area contributed by atoms with E-state index < -0.39 is 6.03 Å². The van der Waals surface area contributed by atoms with Crippen molar-refractivity contribution in [2.24, 2.45) is 0 Å². The quantitative estimate of drug-likeness (QED) is 0.573. The summed E-state index contributed by atoms with van der Waals surface area (Å²) in [6.07, 6.45) is 0.806. The highest BCUT2D eigenvalue weighted by atomic mass is 35.5. The number of anilines is 2. The van der Waals surface area contributed by atoms with Gasteiger partial charge in [-0.1, -0.05) is 17.7 Å². The summed E-state index contributed by atoms with van der Waals surface area (Å²) in [5.41, 5.74) is 1.03. The van der Waals surface area contributed by atoms with Crippen molar-refractivity contribution in [3.05, 3.63) is 51.4 Å². The fourth-order valence-corrected chi connectivity index (χ4v) is 3.70. The van der Waals surface area contributed by atoms with E-state index in [1.807, 2.05) is 21.1 Å². The Morgan fingerprint density at radius 1 is 1.28 bits per heavy atom. The summed E-state index contributed by atoms with van der Waals surface area (Å²) < 4.78 is 0. The lowest BCUT2D eigenvalue weighted by molar-refractivity contribution is -0.129. The zero-order valence-electron chi connectivity index (χ0n) is 18.4. The number of nitrogens with one attached hydrogen (secondary N) is 3. The van der Waals surface area contributed by atoms with Crippen molar-refractivity contribution in [2.75, 3.05) is 51.0 Å². The SMILES string of the molecule is CN(C)c1nc(CN(C)C2CCN(C(=O)CNC(=O)Nc3cccc(Cl)c3)C2)cc(=O)[nH]1. The number of likely N-dealkylation sites (N-methyl/N-ethyl adjacent to an activating group) is 1. The average Bonchev–Trinajstić information content (AvgIpc) is 3.22. The standard InChI is InChI=1S/C21H28ClN7O3/c1-27(2)20-24-16(10-18(30)26-20)12-28(3)17-7-8-29(13-17)19(31)11-23-21(32)25-15-6-4-5-14(22)9-15/h4-6,9-10,17H,7-8,11-13H2,1-3H3,(H2,23,25,32)(H,24,26,30). The van der Waals surface area contributed by atoms with Gasteiger partial charge in [-0.05, 0) is 31.7 Å². The van der Waals surface area contributed by atoms with Crippen LogP contribution in [0, 0.1) is 0 Å². The van der Waals surface area contributed by atoms with Crippen LogP contribution >= 0.6 is 11.6 Å². The minimum absolute atomic E-state index is 0.0926. The van der Waals surface area contributed by atoms with Gasteiger partial charge in [-0.25, -0.2) is 9.78 Å². The molecule has 1 fully saturated rings. The van der Waals surface area contributed by atoms with E-state index in [0.29, 0.717) is 42.0 Å². The van der Waals surface area contributed by atoms with E-state index >= 15 is 0 Å². The number of urea groups is 1. The largest absolute Gasteiger partial charge is 0.348 e. The van der Waals surface area contributed by atoms with Crippen molar-refractivity contribution < 1.29 is 9.59 Å². The number of aromatic amines is 1. The maximum Gasteiger partial charge on any atom is 0.319 e. The molecule has 11 heteroatoms. The number of carbonyl (C=O) groups is 2. The van der Waals surface area contributed by atoms with Gasteiger partial charge in [-0.2, -0.15) is 0 Å². The van der Waals surface area contributed by atoms with E-state index in [9.17, 15) is 14.4 Å². The number of halogens is 1. The Kier molecular flexibility index (Phi) is 7.70. The first-order chi connectivity index (χ1) is 15.2. The second kappa shape index (κ2) is 10.5. The molecule has 3 rings (SSSR count). The van der Waals surface area contributed by atoms with Crippen molar-refractivity contribution >= 4 is 35.2 Å². The van der Waals surface area contributed by atoms with E-state index in [-0.39, 0.29) is 24.1 Å². The highest BCUT2D eigenvalue weighted by Crippen LogP contribution is 2.17. The number of hydrogen-bond acceptors (Lipinski definition) is 6. The number of hydrogen-bond donors (Lipinski definition) is 3. The van der Waals surface area contributed by atoms with Crippen LogP contribution in [0.1, 0.15) is 12.1 Å². The molecular weight excluding hydrogens is 434 g/mol. The van der Waals surface area contributed by atoms with Crippen LogP contribution in [0.2, 0.25) is 5.02 Å². The van der Waals surface area contributed by atoms with E-state index in [1.165, 1.54) is 6.07 Å². The van der Waals surface area contributed by atoms with Gasteiger partial charge >= 0.3 is 6.03 Å². The van der Waals surface area contributed by atoms with Crippen LogP contribution in [-0.2, 0) is 11.3 Å². The average molecular weight is 462 g/mol. The van der Waals surface area contributed by atoms with E-state index in [1.54, 1.807) is 34.1 Å². The van der Waals surface area contributed by atoms with Gasteiger partial charge in [0.15, 0.2) is 0 Å². The predicted octanol–water partition coefficient (Wildman–Crippen LogP) is 1.34. The minimum Gasteiger partial charge on any atom is -0.348 e. The molecule has 2 aromatic rings. The summed E-state index contributed by atoms with van der Waals surface area (Å²) >= 11 is 5.90. The molecule has 3 N–H and O–H groups in total. The van der Waals surface area contributed by atoms with Crippen LogP contribution in [0.4, 0.5) is 16.4 Å². The second-order valence-electron chi connectivity index (χ2n) is 7.97. The number of carbonyl (C=O) groups excluding carboxylic acids is 2. The van der Waals surface area contributed by atoms with Crippen molar-refractivity contribution in [3.8, 4) is 0 Å². The first-order valence-corrected chi connectivity index (χ1v) is 10.6. The summed E-state index contributed by atoms with van der Waals surface area (Å²) in [5, 5.41) is 5.74. The minimum atomic E-state index is -0.467. The maximum atomic E-state index is 12.5. The Morgan fingerprint density at radius 3 is 2.78 bits per heavy atom. The molecule has 0 bridgehead atoms. The van der Waals surface area contributed by atoms with Gasteiger partial charge < -0.3 is 20.4 Å². The van der Waals surface area contributed by atoms with Crippen LogP contribution in [0.25, 0.3) is 0 Å². The molecule has 2 heterocycles. The molecular formula is C21H28ClN7O3. The Balaban J connectivity index is 1.47. The molecule has 0 saturated carbocycles. The van der Waals surface area contributed by atoms with Crippen LogP contribution in [-0.4, -0.2) is 78.5 Å². The van der Waals surface area contributed by atoms with Gasteiger partial charge in [0.05, 0.1) is 12.2 Å². The normalized spacial score (nSPS) is 15.7. The second-order valence-corrected chi connectivity index (χ2v) is 8.41. The summed E-state index contributed by atoms with van der Waals surface area (Å²) in [6, 6.07) is 7.94. The van der Waals surface area contributed by atoms with Crippen molar-refractivity contribution in [3.63, 3.8) is 0 Å². The summed E-state index contributed by atoms with van der Waals surface area (Å²) in [7, 11) is 5.58. The Bertz CT molecular complexity index is 1030. The van der Waals surface area contributed by atoms with Crippen LogP contribution in [0.5, 0.6) is 0 Å². The number of likely N-dealkylation sites (tertiary alicyclic amines) is 1. The Morgan fingerprint density at radius 2 is 2.06 bits per heavy atom. The first kappa shape index (κ1) is 23.6. The molecule has 1 saturated heterocycles. The molecule has 0 aliphatic carbocycles. The molecule has 172 valence electrons. The molecule has 0 spiro atoms. The molecule has 1 aliphatic heterocycles. The number of H-pyrrole nitrogens is 1. The summed E-state index contributed by atoms with van der Waals surface area (Å²) in [4.78, 5) is 49.2. The third-order valence-electron chi connectivity index (χ3n) is 5.24. The van der Waals surface area contributed by atoms with Gasteiger partial charge in [0.25, 0.3) is 5.56 Å². The molecule has 1 unspecified atom stereocenters. The van der Waals surface area contributed by atoms with Crippen molar-refractivity contribution in [1.29, 1.82) is 0 Å². The van der Waals surface area contributed by atoms with Crippen LogP contribution in [0.15, 0.2) is 35.1 Å². The zero-order chi connectivity index (χ0) is 23.3.